The van der Waals surface area contributed by atoms with E-state index >= 15 is 0 Å². The minimum absolute atomic E-state index is 0.358. The molecule has 0 aliphatic carbocycles. The van der Waals surface area contributed by atoms with Gasteiger partial charge in [0, 0.05) is 39.2 Å². The minimum atomic E-state index is -0.809. The number of hydrogen-bond donors (Lipinski definition) is 1. The molecule has 1 fully saturated rings. The fourth-order valence-electron chi connectivity index (χ4n) is 2.69. The minimum Gasteiger partial charge on any atom is -0.381 e. The van der Waals surface area contributed by atoms with E-state index < -0.39 is 11.6 Å². The highest BCUT2D eigenvalue weighted by atomic mass is 19.2. The maximum atomic E-state index is 13.6. The summed E-state index contributed by atoms with van der Waals surface area (Å²) in [6.45, 7) is 5.67. The van der Waals surface area contributed by atoms with Gasteiger partial charge in [-0.1, -0.05) is 12.1 Å². The van der Waals surface area contributed by atoms with Crippen molar-refractivity contribution in [2.24, 2.45) is 10.9 Å². The van der Waals surface area contributed by atoms with Crippen LogP contribution in [0.3, 0.4) is 0 Å². The highest BCUT2D eigenvalue weighted by Crippen LogP contribution is 2.14. The van der Waals surface area contributed by atoms with Crippen LogP contribution in [0.25, 0.3) is 0 Å². The fourth-order valence-corrected chi connectivity index (χ4v) is 2.69. The summed E-state index contributed by atoms with van der Waals surface area (Å²) < 4.78 is 32.2. The van der Waals surface area contributed by atoms with E-state index in [2.05, 4.69) is 15.2 Å². The van der Waals surface area contributed by atoms with Crippen LogP contribution < -0.4 is 5.32 Å². The Labute approximate surface area is 136 Å². The Kier molecular flexibility index (Phi) is 6.77. The number of rotatable bonds is 6. The number of benzene rings is 1. The molecule has 1 N–H and O–H groups in total. The van der Waals surface area contributed by atoms with Gasteiger partial charge in [-0.05, 0) is 31.4 Å². The number of guanidine groups is 1. The molecule has 1 aliphatic heterocycles. The summed E-state index contributed by atoms with van der Waals surface area (Å²) in [5, 5.41) is 3.24. The van der Waals surface area contributed by atoms with Gasteiger partial charge in [-0.15, -0.1) is 0 Å². The third-order valence-electron chi connectivity index (χ3n) is 3.93. The summed E-state index contributed by atoms with van der Waals surface area (Å²) in [6.07, 6.45) is 1.44. The Balaban J connectivity index is 1.93. The van der Waals surface area contributed by atoms with E-state index in [1.54, 1.807) is 6.07 Å². The molecule has 0 bridgehead atoms. The normalized spacial score (nSPS) is 18.3. The van der Waals surface area contributed by atoms with Crippen molar-refractivity contribution in [1.29, 1.82) is 0 Å². The quantitative estimate of drug-likeness (QED) is 0.645. The van der Waals surface area contributed by atoms with Gasteiger partial charge >= 0.3 is 0 Å². The number of ether oxygens (including phenoxy) is 1. The monoisotopic (exact) mass is 325 g/mol. The Bertz CT molecular complexity index is 531. The van der Waals surface area contributed by atoms with Gasteiger partial charge in [0.25, 0.3) is 0 Å². The zero-order chi connectivity index (χ0) is 16.7. The molecular formula is C17H25F2N3O. The smallest absolute Gasteiger partial charge is 0.193 e. The molecule has 0 spiro atoms. The van der Waals surface area contributed by atoms with Crippen molar-refractivity contribution in [3.8, 4) is 0 Å². The lowest BCUT2D eigenvalue weighted by atomic mass is 10.1. The molecule has 1 aliphatic rings. The molecule has 4 nitrogen and oxygen atoms in total. The number of nitrogens with zero attached hydrogens (tertiary/aromatic N) is 2. The first-order valence-corrected chi connectivity index (χ1v) is 8.12. The predicted octanol–water partition coefficient (Wildman–Crippen LogP) is 2.44. The number of aliphatic imine (C=N–C) groups is 1. The number of hydrogen-bond acceptors (Lipinski definition) is 2. The fraction of sp³-hybridized carbons (Fsp3) is 0.588. The highest BCUT2D eigenvalue weighted by Gasteiger charge is 2.19. The first kappa shape index (κ1) is 17.7. The van der Waals surface area contributed by atoms with E-state index in [0.717, 1.165) is 44.8 Å². The maximum Gasteiger partial charge on any atom is 0.193 e. The zero-order valence-corrected chi connectivity index (χ0v) is 13.8. The number of nitrogens with one attached hydrogen (secondary N) is 1. The molecule has 2 rings (SSSR count). The Morgan fingerprint density at radius 1 is 1.43 bits per heavy atom. The lowest BCUT2D eigenvalue weighted by Crippen LogP contribution is -2.41. The van der Waals surface area contributed by atoms with E-state index in [-0.39, 0.29) is 0 Å². The van der Waals surface area contributed by atoms with E-state index in [1.165, 1.54) is 6.07 Å². The van der Waals surface area contributed by atoms with Crippen LogP contribution in [0.1, 0.15) is 18.9 Å². The van der Waals surface area contributed by atoms with Crippen LogP contribution in [-0.4, -0.2) is 50.8 Å². The topological polar surface area (TPSA) is 36.9 Å². The van der Waals surface area contributed by atoms with E-state index in [1.807, 2.05) is 14.0 Å². The summed E-state index contributed by atoms with van der Waals surface area (Å²) in [6, 6.07) is 4.25. The maximum absolute atomic E-state index is 13.6. The van der Waals surface area contributed by atoms with Crippen molar-refractivity contribution in [1.82, 2.24) is 10.2 Å². The van der Waals surface area contributed by atoms with Crippen LogP contribution in [-0.2, 0) is 11.2 Å². The molecular weight excluding hydrogens is 300 g/mol. The first-order valence-electron chi connectivity index (χ1n) is 8.12. The van der Waals surface area contributed by atoms with Gasteiger partial charge in [0.15, 0.2) is 17.6 Å². The summed E-state index contributed by atoms with van der Waals surface area (Å²) in [7, 11) is 1.99. The summed E-state index contributed by atoms with van der Waals surface area (Å²) >= 11 is 0. The standard InChI is InChI=1S/C17H25F2N3O/c1-3-20-17(22(2)11-13-8-10-23-12-13)21-9-7-14-5-4-6-15(18)16(14)19/h4-6,13H,3,7-12H2,1-2H3,(H,20,21). The molecule has 0 amide bonds. The summed E-state index contributed by atoms with van der Waals surface area (Å²) in [5.41, 5.74) is 0.358. The second kappa shape index (κ2) is 8.82. The molecule has 1 saturated heterocycles. The molecule has 1 aromatic carbocycles. The zero-order valence-electron chi connectivity index (χ0n) is 13.8. The van der Waals surface area contributed by atoms with Crippen LogP contribution >= 0.6 is 0 Å². The van der Waals surface area contributed by atoms with Crippen molar-refractivity contribution in [2.75, 3.05) is 39.9 Å². The average molecular weight is 325 g/mol. The van der Waals surface area contributed by atoms with Gasteiger partial charge in [-0.3, -0.25) is 4.99 Å². The van der Waals surface area contributed by atoms with Gasteiger partial charge in [0.2, 0.25) is 0 Å². The molecule has 0 saturated carbocycles. The van der Waals surface area contributed by atoms with Crippen LogP contribution in [0.4, 0.5) is 8.78 Å². The summed E-state index contributed by atoms with van der Waals surface area (Å²) in [4.78, 5) is 6.60. The van der Waals surface area contributed by atoms with Crippen LogP contribution in [0, 0.1) is 17.6 Å². The SMILES string of the molecule is CCNC(=NCCc1cccc(F)c1F)N(C)CC1CCOC1. The molecule has 0 aromatic heterocycles. The third kappa shape index (κ3) is 5.16. The largest absolute Gasteiger partial charge is 0.381 e. The van der Waals surface area contributed by atoms with Crippen molar-refractivity contribution in [2.45, 2.75) is 19.8 Å². The predicted molar refractivity (Wildman–Crippen MR) is 87.6 cm³/mol. The Hall–Kier alpha value is -1.69. The lowest BCUT2D eigenvalue weighted by molar-refractivity contribution is 0.181. The van der Waals surface area contributed by atoms with Crippen molar-refractivity contribution < 1.29 is 13.5 Å². The molecule has 1 atom stereocenters. The van der Waals surface area contributed by atoms with Crippen molar-refractivity contribution in [3.05, 3.63) is 35.4 Å². The first-order chi connectivity index (χ1) is 11.1. The third-order valence-corrected chi connectivity index (χ3v) is 3.93. The van der Waals surface area contributed by atoms with Crippen LogP contribution in [0.2, 0.25) is 0 Å². The van der Waals surface area contributed by atoms with Gasteiger partial charge in [0.1, 0.15) is 0 Å². The molecule has 1 heterocycles. The highest BCUT2D eigenvalue weighted by molar-refractivity contribution is 5.79. The molecule has 1 aromatic rings. The van der Waals surface area contributed by atoms with Crippen molar-refractivity contribution >= 4 is 5.96 Å². The molecule has 23 heavy (non-hydrogen) atoms. The lowest BCUT2D eigenvalue weighted by Gasteiger charge is -2.24. The van der Waals surface area contributed by atoms with E-state index in [0.29, 0.717) is 24.4 Å². The van der Waals surface area contributed by atoms with Crippen LogP contribution in [0.15, 0.2) is 23.2 Å². The second-order valence-electron chi connectivity index (χ2n) is 5.81. The van der Waals surface area contributed by atoms with Crippen molar-refractivity contribution in [3.63, 3.8) is 0 Å². The Morgan fingerprint density at radius 3 is 2.96 bits per heavy atom. The van der Waals surface area contributed by atoms with E-state index in [9.17, 15) is 8.78 Å². The average Bonchev–Trinajstić information content (AvgIpc) is 3.03. The molecule has 0 radical (unpaired) electrons. The van der Waals surface area contributed by atoms with Gasteiger partial charge < -0.3 is 15.0 Å². The van der Waals surface area contributed by atoms with E-state index in [4.69, 9.17) is 4.74 Å². The second-order valence-corrected chi connectivity index (χ2v) is 5.81. The van der Waals surface area contributed by atoms with Gasteiger partial charge in [0.05, 0.1) is 6.61 Å². The molecule has 128 valence electrons. The molecule has 1 unspecified atom stereocenters. The number of halogens is 2. The van der Waals surface area contributed by atoms with Crippen LogP contribution in [0.5, 0.6) is 0 Å². The molecule has 6 heteroatoms. The van der Waals surface area contributed by atoms with Gasteiger partial charge in [-0.2, -0.15) is 0 Å². The summed E-state index contributed by atoms with van der Waals surface area (Å²) in [5.74, 6) is -0.276. The Morgan fingerprint density at radius 2 is 2.26 bits per heavy atom. The van der Waals surface area contributed by atoms with Gasteiger partial charge in [-0.25, -0.2) is 8.78 Å².